The van der Waals surface area contributed by atoms with Crippen molar-refractivity contribution in [1.29, 1.82) is 0 Å². The van der Waals surface area contributed by atoms with Crippen molar-refractivity contribution in [3.8, 4) is 11.5 Å². The Labute approximate surface area is 177 Å². The van der Waals surface area contributed by atoms with Gasteiger partial charge in [0.05, 0.1) is 14.2 Å². The zero-order valence-corrected chi connectivity index (χ0v) is 17.8. The van der Waals surface area contributed by atoms with Crippen molar-refractivity contribution in [3.05, 3.63) is 53.6 Å². The van der Waals surface area contributed by atoms with E-state index in [4.69, 9.17) is 9.47 Å². The predicted octanol–water partition coefficient (Wildman–Crippen LogP) is 3.32. The highest BCUT2D eigenvalue weighted by Gasteiger charge is 2.24. The third-order valence-corrected chi connectivity index (χ3v) is 5.26. The summed E-state index contributed by atoms with van der Waals surface area (Å²) in [7, 11) is 3.20. The third-order valence-electron chi connectivity index (χ3n) is 5.26. The molecule has 7 nitrogen and oxygen atoms in total. The van der Waals surface area contributed by atoms with Gasteiger partial charge in [0, 0.05) is 38.3 Å². The van der Waals surface area contributed by atoms with Crippen LogP contribution in [0.4, 0.5) is 10.5 Å². The van der Waals surface area contributed by atoms with Crippen LogP contribution in [0.2, 0.25) is 0 Å². The molecule has 0 bridgehead atoms. The molecule has 30 heavy (non-hydrogen) atoms. The quantitative estimate of drug-likeness (QED) is 0.792. The summed E-state index contributed by atoms with van der Waals surface area (Å²) in [5, 5.41) is 2.92. The van der Waals surface area contributed by atoms with Crippen LogP contribution in [0, 0.1) is 6.92 Å². The number of nitrogens with zero attached hydrogens (tertiary/aromatic N) is 2. The van der Waals surface area contributed by atoms with Gasteiger partial charge in [-0.1, -0.05) is 18.2 Å². The Morgan fingerprint density at radius 1 is 0.933 bits per heavy atom. The molecule has 2 aromatic carbocycles. The molecule has 0 atom stereocenters. The summed E-state index contributed by atoms with van der Waals surface area (Å²) in [5.41, 5.74) is 2.91. The maximum Gasteiger partial charge on any atom is 0.321 e. The van der Waals surface area contributed by atoms with Crippen molar-refractivity contribution < 1.29 is 19.1 Å². The molecule has 1 aliphatic rings. The van der Waals surface area contributed by atoms with Gasteiger partial charge in [-0.25, -0.2) is 4.79 Å². The summed E-state index contributed by atoms with van der Waals surface area (Å²) in [4.78, 5) is 28.7. The van der Waals surface area contributed by atoms with Crippen molar-refractivity contribution in [2.45, 2.75) is 19.8 Å². The van der Waals surface area contributed by atoms with Crippen LogP contribution < -0.4 is 14.8 Å². The molecule has 1 heterocycles. The van der Waals surface area contributed by atoms with Gasteiger partial charge in [0.2, 0.25) is 5.91 Å². The Morgan fingerprint density at radius 2 is 1.63 bits per heavy atom. The molecule has 2 aromatic rings. The normalized spacial score (nSPS) is 13.7. The zero-order chi connectivity index (χ0) is 21.5. The average Bonchev–Trinajstić information content (AvgIpc) is 2.77. The molecule has 3 rings (SSSR count). The lowest BCUT2D eigenvalue weighted by molar-refractivity contribution is -0.132. The molecule has 7 heteroatoms. The van der Waals surface area contributed by atoms with Crippen LogP contribution in [0.5, 0.6) is 11.5 Å². The van der Waals surface area contributed by atoms with E-state index in [0.717, 1.165) is 16.8 Å². The summed E-state index contributed by atoms with van der Waals surface area (Å²) in [6.45, 7) is 4.14. The first-order valence-corrected chi connectivity index (χ1v) is 10.1. The number of hydrogen-bond acceptors (Lipinski definition) is 4. The molecule has 0 saturated carbocycles. The molecule has 0 aromatic heterocycles. The van der Waals surface area contributed by atoms with E-state index in [1.165, 1.54) is 0 Å². The molecule has 1 aliphatic heterocycles. The maximum atomic E-state index is 12.6. The number of methoxy groups -OCH3 is 2. The standard InChI is InChI=1S/C23H29N3O4/c1-17-5-4-6-19(15-17)24-23(28)26-13-11-25(12-14-26)22(27)10-8-18-7-9-20(29-2)21(16-18)30-3/h4-7,9,15-16H,8,10-14H2,1-3H3,(H,24,28). The number of benzene rings is 2. The van der Waals surface area contributed by atoms with E-state index >= 15 is 0 Å². The fraction of sp³-hybridized carbons (Fsp3) is 0.391. The Kier molecular flexibility index (Phi) is 7.17. The third kappa shape index (κ3) is 5.43. The van der Waals surface area contributed by atoms with Crippen molar-refractivity contribution in [1.82, 2.24) is 9.80 Å². The minimum Gasteiger partial charge on any atom is -0.493 e. The molecular weight excluding hydrogens is 382 g/mol. The summed E-state index contributed by atoms with van der Waals surface area (Å²) >= 11 is 0. The number of carbonyl (C=O) groups excluding carboxylic acids is 2. The van der Waals surface area contributed by atoms with Gasteiger partial charge in [0.1, 0.15) is 0 Å². The van der Waals surface area contributed by atoms with Gasteiger partial charge < -0.3 is 24.6 Å². The maximum absolute atomic E-state index is 12.6. The predicted molar refractivity (Wildman–Crippen MR) is 116 cm³/mol. The molecule has 1 saturated heterocycles. The Morgan fingerprint density at radius 3 is 2.30 bits per heavy atom. The fourth-order valence-corrected chi connectivity index (χ4v) is 3.53. The first-order valence-electron chi connectivity index (χ1n) is 10.1. The lowest BCUT2D eigenvalue weighted by Crippen LogP contribution is -2.51. The van der Waals surface area contributed by atoms with E-state index in [1.54, 1.807) is 19.1 Å². The van der Waals surface area contributed by atoms with Gasteiger partial charge in [-0.15, -0.1) is 0 Å². The summed E-state index contributed by atoms with van der Waals surface area (Å²) in [5.74, 6) is 1.44. The number of ether oxygens (including phenoxy) is 2. The second-order valence-corrected chi connectivity index (χ2v) is 7.36. The molecule has 3 amide bonds. The van der Waals surface area contributed by atoms with Crippen molar-refractivity contribution >= 4 is 17.6 Å². The van der Waals surface area contributed by atoms with E-state index in [1.807, 2.05) is 54.3 Å². The molecule has 160 valence electrons. The lowest BCUT2D eigenvalue weighted by Gasteiger charge is -2.34. The molecule has 0 radical (unpaired) electrons. The van der Waals surface area contributed by atoms with Crippen LogP contribution >= 0.6 is 0 Å². The summed E-state index contributed by atoms with van der Waals surface area (Å²) in [6, 6.07) is 13.3. The molecule has 1 fully saturated rings. The van der Waals surface area contributed by atoms with Crippen LogP contribution in [-0.4, -0.2) is 62.1 Å². The fourth-order valence-electron chi connectivity index (χ4n) is 3.53. The topological polar surface area (TPSA) is 71.1 Å². The first-order chi connectivity index (χ1) is 14.5. The van der Waals surface area contributed by atoms with Crippen LogP contribution in [0.3, 0.4) is 0 Å². The van der Waals surface area contributed by atoms with E-state index in [9.17, 15) is 9.59 Å². The van der Waals surface area contributed by atoms with Crippen LogP contribution in [-0.2, 0) is 11.2 Å². The number of rotatable bonds is 6. The second kappa shape index (κ2) is 10.0. The lowest BCUT2D eigenvalue weighted by atomic mass is 10.1. The van der Waals surface area contributed by atoms with Crippen LogP contribution in [0.15, 0.2) is 42.5 Å². The molecule has 0 unspecified atom stereocenters. The van der Waals surface area contributed by atoms with Gasteiger partial charge in [-0.2, -0.15) is 0 Å². The van der Waals surface area contributed by atoms with E-state index < -0.39 is 0 Å². The number of anilines is 1. The van der Waals surface area contributed by atoms with Gasteiger partial charge in [-0.05, 0) is 48.7 Å². The van der Waals surface area contributed by atoms with Crippen molar-refractivity contribution in [2.24, 2.45) is 0 Å². The molecule has 0 spiro atoms. The number of nitrogens with one attached hydrogen (secondary N) is 1. The number of aryl methyl sites for hydroxylation is 2. The molecular formula is C23H29N3O4. The second-order valence-electron chi connectivity index (χ2n) is 7.36. The number of amides is 3. The van der Waals surface area contributed by atoms with E-state index in [-0.39, 0.29) is 11.9 Å². The van der Waals surface area contributed by atoms with Gasteiger partial charge in [0.15, 0.2) is 11.5 Å². The first kappa shape index (κ1) is 21.5. The number of urea groups is 1. The monoisotopic (exact) mass is 411 g/mol. The van der Waals surface area contributed by atoms with Crippen LogP contribution in [0.1, 0.15) is 17.5 Å². The zero-order valence-electron chi connectivity index (χ0n) is 17.8. The molecule has 1 N–H and O–H groups in total. The van der Waals surface area contributed by atoms with Gasteiger partial charge in [0.25, 0.3) is 0 Å². The Balaban J connectivity index is 1.46. The Hall–Kier alpha value is -3.22. The van der Waals surface area contributed by atoms with E-state index in [0.29, 0.717) is 50.5 Å². The van der Waals surface area contributed by atoms with E-state index in [2.05, 4.69) is 5.32 Å². The highest BCUT2D eigenvalue weighted by Crippen LogP contribution is 2.28. The van der Waals surface area contributed by atoms with Crippen LogP contribution in [0.25, 0.3) is 0 Å². The van der Waals surface area contributed by atoms with Crippen molar-refractivity contribution in [2.75, 3.05) is 45.7 Å². The van der Waals surface area contributed by atoms with Gasteiger partial charge in [-0.3, -0.25) is 4.79 Å². The highest BCUT2D eigenvalue weighted by atomic mass is 16.5. The smallest absolute Gasteiger partial charge is 0.321 e. The summed E-state index contributed by atoms with van der Waals surface area (Å²) < 4.78 is 10.6. The van der Waals surface area contributed by atoms with Crippen molar-refractivity contribution in [3.63, 3.8) is 0 Å². The molecule has 0 aliphatic carbocycles. The highest BCUT2D eigenvalue weighted by molar-refractivity contribution is 5.89. The van der Waals surface area contributed by atoms with Gasteiger partial charge >= 0.3 is 6.03 Å². The number of piperazine rings is 1. The number of hydrogen-bond donors (Lipinski definition) is 1. The SMILES string of the molecule is COc1ccc(CCC(=O)N2CCN(C(=O)Nc3cccc(C)c3)CC2)cc1OC. The summed E-state index contributed by atoms with van der Waals surface area (Å²) in [6.07, 6.45) is 1.05. The average molecular weight is 412 g/mol. The largest absolute Gasteiger partial charge is 0.493 e. The minimum atomic E-state index is -0.127. The minimum absolute atomic E-state index is 0.100. The Bertz CT molecular complexity index is 892. The number of carbonyl (C=O) groups is 2.